The second-order valence-corrected chi connectivity index (χ2v) is 9.52. The van der Waals surface area contributed by atoms with Crippen molar-refractivity contribution in [3.8, 4) is 0 Å². The normalized spacial score (nSPS) is 13.8. The standard InChI is InChI=1S/C21H21Br2IN2O4/c1-2-7-30-21(28)15-12-14(3-4-18(15)26-5-8-29-9-6-26)25-20(27)16-10-13(22)11-17(23)19(16)24/h3-4,10-12H,2,5-9H2,1H3,(H,25,27). The molecule has 0 aromatic heterocycles. The number of ether oxygens (including phenoxy) is 2. The Balaban J connectivity index is 1.90. The van der Waals surface area contributed by atoms with Crippen LogP contribution in [0.4, 0.5) is 11.4 Å². The van der Waals surface area contributed by atoms with Gasteiger partial charge in [0.15, 0.2) is 0 Å². The molecule has 0 saturated carbocycles. The molecule has 2 aromatic carbocycles. The predicted octanol–water partition coefficient (Wildman–Crippen LogP) is 5.47. The number of nitrogens with one attached hydrogen (secondary N) is 1. The zero-order valence-electron chi connectivity index (χ0n) is 16.3. The van der Waals surface area contributed by atoms with Crippen molar-refractivity contribution >= 4 is 77.7 Å². The van der Waals surface area contributed by atoms with Gasteiger partial charge in [-0.2, -0.15) is 0 Å². The van der Waals surface area contributed by atoms with E-state index in [0.717, 1.165) is 24.6 Å². The first kappa shape index (κ1) is 23.5. The van der Waals surface area contributed by atoms with E-state index in [-0.39, 0.29) is 5.91 Å². The number of carbonyl (C=O) groups is 2. The van der Waals surface area contributed by atoms with Gasteiger partial charge in [-0.15, -0.1) is 0 Å². The lowest BCUT2D eigenvalue weighted by Crippen LogP contribution is -2.37. The van der Waals surface area contributed by atoms with E-state index < -0.39 is 5.97 Å². The van der Waals surface area contributed by atoms with Gasteiger partial charge in [0.05, 0.1) is 36.6 Å². The maximum Gasteiger partial charge on any atom is 0.340 e. The van der Waals surface area contributed by atoms with Crippen LogP contribution in [0.3, 0.4) is 0 Å². The number of hydrogen-bond acceptors (Lipinski definition) is 5. The fourth-order valence-corrected chi connectivity index (χ4v) is 4.83. The van der Waals surface area contributed by atoms with Gasteiger partial charge in [0.2, 0.25) is 0 Å². The minimum atomic E-state index is -0.394. The van der Waals surface area contributed by atoms with Crippen molar-refractivity contribution in [1.29, 1.82) is 0 Å². The summed E-state index contributed by atoms with van der Waals surface area (Å²) in [6.07, 6.45) is 0.741. The first-order valence-electron chi connectivity index (χ1n) is 9.50. The smallest absolute Gasteiger partial charge is 0.340 e. The van der Waals surface area contributed by atoms with Gasteiger partial charge in [-0.25, -0.2) is 4.79 Å². The Morgan fingerprint density at radius 2 is 1.90 bits per heavy atom. The van der Waals surface area contributed by atoms with Gasteiger partial charge >= 0.3 is 5.97 Å². The molecule has 0 unspecified atom stereocenters. The summed E-state index contributed by atoms with van der Waals surface area (Å²) in [5.74, 6) is -0.650. The third-order valence-electron chi connectivity index (χ3n) is 4.50. The average molecular weight is 652 g/mol. The Kier molecular flexibility index (Phi) is 8.55. The molecule has 9 heteroatoms. The van der Waals surface area contributed by atoms with E-state index in [1.807, 2.05) is 19.1 Å². The summed E-state index contributed by atoms with van der Waals surface area (Å²) in [4.78, 5) is 27.7. The first-order valence-corrected chi connectivity index (χ1v) is 12.2. The molecule has 0 atom stereocenters. The summed E-state index contributed by atoms with van der Waals surface area (Å²) in [6, 6.07) is 8.99. The van der Waals surface area contributed by atoms with E-state index in [2.05, 4.69) is 64.7 Å². The molecule has 1 heterocycles. The van der Waals surface area contributed by atoms with Gasteiger partial charge in [0.1, 0.15) is 0 Å². The number of amides is 1. The lowest BCUT2D eigenvalue weighted by molar-refractivity contribution is 0.0504. The highest BCUT2D eigenvalue weighted by Crippen LogP contribution is 2.30. The van der Waals surface area contributed by atoms with Crippen LogP contribution >= 0.6 is 54.5 Å². The topological polar surface area (TPSA) is 67.9 Å². The molecule has 6 nitrogen and oxygen atoms in total. The average Bonchev–Trinajstić information content (AvgIpc) is 2.75. The van der Waals surface area contributed by atoms with Crippen molar-refractivity contribution in [1.82, 2.24) is 0 Å². The predicted molar refractivity (Wildman–Crippen MR) is 133 cm³/mol. The number of halogens is 3. The Morgan fingerprint density at radius 1 is 1.17 bits per heavy atom. The van der Waals surface area contributed by atoms with Crippen LogP contribution in [-0.2, 0) is 9.47 Å². The third-order valence-corrected chi connectivity index (χ3v) is 7.49. The molecule has 1 amide bonds. The van der Waals surface area contributed by atoms with Crippen LogP contribution in [0.2, 0.25) is 0 Å². The Morgan fingerprint density at radius 3 is 2.60 bits per heavy atom. The maximum absolute atomic E-state index is 12.9. The summed E-state index contributed by atoms with van der Waals surface area (Å²) in [5, 5.41) is 2.90. The van der Waals surface area contributed by atoms with E-state index in [9.17, 15) is 9.59 Å². The molecule has 1 aliphatic rings. The number of esters is 1. The highest BCUT2D eigenvalue weighted by atomic mass is 127. The van der Waals surface area contributed by atoms with Crippen LogP contribution in [0, 0.1) is 3.57 Å². The van der Waals surface area contributed by atoms with E-state index in [1.165, 1.54) is 0 Å². The summed E-state index contributed by atoms with van der Waals surface area (Å²) in [5.41, 5.74) is 2.29. The number of rotatable bonds is 6. The molecule has 0 radical (unpaired) electrons. The van der Waals surface area contributed by atoms with Gasteiger partial charge in [0.25, 0.3) is 5.91 Å². The lowest BCUT2D eigenvalue weighted by atomic mass is 10.1. The fraction of sp³-hybridized carbons (Fsp3) is 0.333. The molecule has 30 heavy (non-hydrogen) atoms. The number of anilines is 2. The zero-order valence-corrected chi connectivity index (χ0v) is 21.7. The van der Waals surface area contributed by atoms with Crippen LogP contribution in [0.5, 0.6) is 0 Å². The Bertz CT molecular complexity index is 949. The van der Waals surface area contributed by atoms with Gasteiger partial charge in [0, 0.05) is 31.3 Å². The molecule has 0 aliphatic carbocycles. The minimum absolute atomic E-state index is 0.256. The molecule has 1 aliphatic heterocycles. The van der Waals surface area contributed by atoms with E-state index in [4.69, 9.17) is 9.47 Å². The monoisotopic (exact) mass is 650 g/mol. The van der Waals surface area contributed by atoms with Crippen molar-refractivity contribution in [3.63, 3.8) is 0 Å². The molecule has 2 aromatic rings. The van der Waals surface area contributed by atoms with Crippen LogP contribution in [0.25, 0.3) is 0 Å². The number of benzene rings is 2. The van der Waals surface area contributed by atoms with Crippen LogP contribution in [-0.4, -0.2) is 44.8 Å². The molecule has 0 spiro atoms. The quantitative estimate of drug-likeness (QED) is 0.255. The molecule has 160 valence electrons. The van der Waals surface area contributed by atoms with Crippen LogP contribution in [0.15, 0.2) is 39.3 Å². The number of morpholine rings is 1. The van der Waals surface area contributed by atoms with Crippen LogP contribution < -0.4 is 10.2 Å². The van der Waals surface area contributed by atoms with Gasteiger partial charge in [-0.05, 0) is 75.3 Å². The lowest BCUT2D eigenvalue weighted by Gasteiger charge is -2.30. The van der Waals surface area contributed by atoms with E-state index in [1.54, 1.807) is 18.2 Å². The summed E-state index contributed by atoms with van der Waals surface area (Å²) >= 11 is 9.01. The summed E-state index contributed by atoms with van der Waals surface area (Å²) in [7, 11) is 0. The molecule has 1 fully saturated rings. The first-order chi connectivity index (χ1) is 14.4. The van der Waals surface area contributed by atoms with Crippen molar-refractivity contribution in [2.45, 2.75) is 13.3 Å². The molecule has 1 saturated heterocycles. The molecule has 1 N–H and O–H groups in total. The van der Waals surface area contributed by atoms with Gasteiger partial charge < -0.3 is 19.7 Å². The Labute approximate surface area is 206 Å². The summed E-state index contributed by atoms with van der Waals surface area (Å²) < 4.78 is 13.2. The SMILES string of the molecule is CCCOC(=O)c1cc(NC(=O)c2cc(Br)cc(Br)c2I)ccc1N1CCOCC1. The van der Waals surface area contributed by atoms with Crippen LogP contribution in [0.1, 0.15) is 34.1 Å². The largest absolute Gasteiger partial charge is 0.462 e. The number of carbonyl (C=O) groups excluding carboxylic acids is 2. The fourth-order valence-electron chi connectivity index (χ4n) is 3.05. The Hall–Kier alpha value is -1.17. The molecule has 0 bridgehead atoms. The minimum Gasteiger partial charge on any atom is -0.462 e. The van der Waals surface area contributed by atoms with Crippen molar-refractivity contribution in [2.24, 2.45) is 0 Å². The second-order valence-electron chi connectivity index (χ2n) is 6.67. The third kappa shape index (κ3) is 5.74. The summed E-state index contributed by atoms with van der Waals surface area (Å²) in [6.45, 7) is 4.91. The van der Waals surface area contributed by atoms with Crippen molar-refractivity contribution in [3.05, 3.63) is 54.0 Å². The van der Waals surface area contributed by atoms with Crippen molar-refractivity contribution in [2.75, 3.05) is 43.1 Å². The molecular weight excluding hydrogens is 631 g/mol. The number of hydrogen-bond donors (Lipinski definition) is 1. The van der Waals surface area contributed by atoms with Gasteiger partial charge in [-0.3, -0.25) is 4.79 Å². The van der Waals surface area contributed by atoms with E-state index in [0.29, 0.717) is 49.7 Å². The second kappa shape index (κ2) is 10.9. The highest BCUT2D eigenvalue weighted by Gasteiger charge is 2.21. The molecule has 3 rings (SSSR count). The number of nitrogens with zero attached hydrogens (tertiary/aromatic N) is 1. The van der Waals surface area contributed by atoms with Crippen molar-refractivity contribution < 1.29 is 19.1 Å². The zero-order chi connectivity index (χ0) is 21.7. The van der Waals surface area contributed by atoms with E-state index >= 15 is 0 Å². The molecular formula is C21H21Br2IN2O4. The maximum atomic E-state index is 12.9. The highest BCUT2D eigenvalue weighted by molar-refractivity contribution is 14.1. The van der Waals surface area contributed by atoms with Gasteiger partial charge in [-0.1, -0.05) is 22.9 Å².